The molecule has 1 amide bonds. The van der Waals surface area contributed by atoms with Gasteiger partial charge >= 0.3 is 0 Å². The number of piperidine rings is 1. The van der Waals surface area contributed by atoms with E-state index in [1.807, 2.05) is 36.2 Å². The Balaban J connectivity index is 1.79. The maximum Gasteiger partial charge on any atom is 0.270 e. The molecule has 1 aliphatic heterocycles. The molecule has 1 saturated heterocycles. The minimum Gasteiger partial charge on any atom is -0.497 e. The van der Waals surface area contributed by atoms with Crippen molar-refractivity contribution in [3.8, 4) is 5.75 Å². The van der Waals surface area contributed by atoms with Gasteiger partial charge in [-0.3, -0.25) is 4.79 Å². The summed E-state index contributed by atoms with van der Waals surface area (Å²) in [6.45, 7) is 2.10. The molecule has 5 nitrogen and oxygen atoms in total. The first-order valence-corrected chi connectivity index (χ1v) is 7.71. The van der Waals surface area contributed by atoms with Gasteiger partial charge in [0.05, 0.1) is 7.11 Å². The fourth-order valence-electron chi connectivity index (χ4n) is 3.09. The quantitative estimate of drug-likeness (QED) is 0.946. The van der Waals surface area contributed by atoms with E-state index in [0.29, 0.717) is 11.7 Å². The van der Waals surface area contributed by atoms with Gasteiger partial charge in [-0.05, 0) is 57.2 Å². The van der Waals surface area contributed by atoms with Crippen LogP contribution in [-0.2, 0) is 0 Å². The monoisotopic (exact) mass is 301 g/mol. The summed E-state index contributed by atoms with van der Waals surface area (Å²) in [7, 11) is 5.68. The number of aromatic amines is 1. The number of nitrogens with one attached hydrogen (secondary N) is 1. The van der Waals surface area contributed by atoms with Gasteiger partial charge in [-0.15, -0.1) is 0 Å². The van der Waals surface area contributed by atoms with E-state index >= 15 is 0 Å². The van der Waals surface area contributed by atoms with Crippen LogP contribution < -0.4 is 4.74 Å². The molecule has 0 bridgehead atoms. The predicted molar refractivity (Wildman–Crippen MR) is 87.5 cm³/mol. The molecule has 1 N–H and O–H groups in total. The zero-order chi connectivity index (χ0) is 15.7. The molecule has 5 heteroatoms. The summed E-state index contributed by atoms with van der Waals surface area (Å²) in [5.74, 6) is 0.860. The molecule has 118 valence electrons. The van der Waals surface area contributed by atoms with Crippen molar-refractivity contribution in [1.82, 2.24) is 14.8 Å². The van der Waals surface area contributed by atoms with Gasteiger partial charge in [-0.25, -0.2) is 0 Å². The van der Waals surface area contributed by atoms with Gasteiger partial charge < -0.3 is 19.5 Å². The van der Waals surface area contributed by atoms with Gasteiger partial charge in [0.1, 0.15) is 11.4 Å². The number of carbonyl (C=O) groups is 1. The summed E-state index contributed by atoms with van der Waals surface area (Å²) in [5, 5.41) is 1.000. The highest BCUT2D eigenvalue weighted by atomic mass is 16.5. The first-order chi connectivity index (χ1) is 10.6. The molecule has 22 heavy (non-hydrogen) atoms. The Morgan fingerprint density at radius 1 is 1.32 bits per heavy atom. The molecule has 0 atom stereocenters. The maximum absolute atomic E-state index is 12.7. The van der Waals surface area contributed by atoms with Crippen LogP contribution in [0.25, 0.3) is 10.9 Å². The van der Waals surface area contributed by atoms with Crippen molar-refractivity contribution in [1.29, 1.82) is 0 Å². The molecule has 3 rings (SSSR count). The molecule has 2 aromatic rings. The molecule has 0 spiro atoms. The van der Waals surface area contributed by atoms with E-state index in [-0.39, 0.29) is 5.91 Å². The lowest BCUT2D eigenvalue weighted by Gasteiger charge is -2.34. The Morgan fingerprint density at radius 2 is 2.05 bits per heavy atom. The Morgan fingerprint density at radius 3 is 2.73 bits per heavy atom. The number of carbonyl (C=O) groups excluding carboxylic acids is 1. The van der Waals surface area contributed by atoms with Crippen LogP contribution in [0, 0.1) is 0 Å². The number of ether oxygens (including phenoxy) is 1. The molecular weight excluding hydrogens is 278 g/mol. The fourth-order valence-corrected chi connectivity index (χ4v) is 3.09. The molecule has 2 heterocycles. The number of H-pyrrole nitrogens is 1. The van der Waals surface area contributed by atoms with Gasteiger partial charge in [0.2, 0.25) is 0 Å². The highest BCUT2D eigenvalue weighted by molar-refractivity contribution is 5.98. The summed E-state index contributed by atoms with van der Waals surface area (Å²) in [5.41, 5.74) is 1.60. The molecule has 1 aliphatic rings. The Bertz CT molecular complexity index is 672. The van der Waals surface area contributed by atoms with Crippen molar-refractivity contribution in [3.05, 3.63) is 30.0 Å². The number of likely N-dealkylation sites (tertiary alicyclic amines) is 1. The number of benzene rings is 1. The highest BCUT2D eigenvalue weighted by Crippen LogP contribution is 2.23. The lowest BCUT2D eigenvalue weighted by molar-refractivity contribution is 0.0654. The van der Waals surface area contributed by atoms with E-state index in [1.165, 1.54) is 0 Å². The second-order valence-corrected chi connectivity index (χ2v) is 6.09. The van der Waals surface area contributed by atoms with Crippen molar-refractivity contribution in [3.63, 3.8) is 0 Å². The molecule has 0 unspecified atom stereocenters. The summed E-state index contributed by atoms with van der Waals surface area (Å²) in [6, 6.07) is 8.02. The summed E-state index contributed by atoms with van der Waals surface area (Å²) in [4.78, 5) is 20.1. The van der Waals surface area contributed by atoms with Crippen LogP contribution in [-0.4, -0.2) is 61.0 Å². The SMILES string of the molecule is COc1ccc2[nH]c(C(=O)N(C)C3CCN(C)CC3)cc2c1. The molecule has 0 saturated carbocycles. The fraction of sp³-hybridized carbons (Fsp3) is 0.471. The van der Waals surface area contributed by atoms with Crippen LogP contribution in [0.5, 0.6) is 5.75 Å². The number of hydrogen-bond donors (Lipinski definition) is 1. The van der Waals surface area contributed by atoms with E-state index in [4.69, 9.17) is 4.74 Å². The van der Waals surface area contributed by atoms with Crippen LogP contribution in [0.3, 0.4) is 0 Å². The second kappa shape index (κ2) is 6.01. The predicted octanol–water partition coefficient (Wildman–Crippen LogP) is 2.34. The standard InChI is InChI=1S/C17H23N3O2/c1-19-8-6-13(7-9-19)20(2)17(21)16-11-12-10-14(22-3)4-5-15(12)18-16/h4-5,10-11,13,18H,6-9H2,1-3H3. The topological polar surface area (TPSA) is 48.6 Å². The lowest BCUT2D eigenvalue weighted by atomic mass is 10.0. The zero-order valence-corrected chi connectivity index (χ0v) is 13.4. The van der Waals surface area contributed by atoms with Crippen molar-refractivity contribution < 1.29 is 9.53 Å². The third-order valence-corrected chi connectivity index (χ3v) is 4.61. The van der Waals surface area contributed by atoms with Crippen molar-refractivity contribution in [2.75, 3.05) is 34.3 Å². The largest absolute Gasteiger partial charge is 0.497 e. The average molecular weight is 301 g/mol. The van der Waals surface area contributed by atoms with E-state index < -0.39 is 0 Å². The normalized spacial score (nSPS) is 16.9. The van der Waals surface area contributed by atoms with Crippen LogP contribution >= 0.6 is 0 Å². The number of fused-ring (bicyclic) bond motifs is 1. The van der Waals surface area contributed by atoms with E-state index in [2.05, 4.69) is 16.9 Å². The number of aromatic nitrogens is 1. The summed E-state index contributed by atoms with van der Waals surface area (Å²) < 4.78 is 5.23. The van der Waals surface area contributed by atoms with Gasteiger partial charge in [0.25, 0.3) is 5.91 Å². The highest BCUT2D eigenvalue weighted by Gasteiger charge is 2.25. The first kappa shape index (κ1) is 14.9. The zero-order valence-electron chi connectivity index (χ0n) is 13.4. The number of amides is 1. The van der Waals surface area contributed by atoms with E-state index in [9.17, 15) is 4.79 Å². The second-order valence-electron chi connectivity index (χ2n) is 6.09. The summed E-state index contributed by atoms with van der Waals surface area (Å²) >= 11 is 0. The van der Waals surface area contributed by atoms with Crippen molar-refractivity contribution >= 4 is 16.8 Å². The number of rotatable bonds is 3. The minimum atomic E-state index is 0.0599. The van der Waals surface area contributed by atoms with Gasteiger partial charge in [0, 0.05) is 24.0 Å². The van der Waals surface area contributed by atoms with Crippen LogP contribution in [0.1, 0.15) is 23.3 Å². The van der Waals surface area contributed by atoms with Crippen LogP contribution in [0.2, 0.25) is 0 Å². The Labute approximate surface area is 130 Å². The average Bonchev–Trinajstić information content (AvgIpc) is 2.97. The molecule has 1 aromatic carbocycles. The van der Waals surface area contributed by atoms with Crippen molar-refractivity contribution in [2.45, 2.75) is 18.9 Å². The molecule has 1 aromatic heterocycles. The van der Waals surface area contributed by atoms with E-state index in [0.717, 1.165) is 42.6 Å². The Kier molecular flexibility index (Phi) is 4.07. The molecule has 0 aliphatic carbocycles. The molecule has 0 radical (unpaired) electrons. The number of hydrogen-bond acceptors (Lipinski definition) is 3. The molecule has 1 fully saturated rings. The van der Waals surface area contributed by atoms with Gasteiger partial charge in [-0.1, -0.05) is 0 Å². The van der Waals surface area contributed by atoms with Gasteiger partial charge in [0.15, 0.2) is 0 Å². The first-order valence-electron chi connectivity index (χ1n) is 7.71. The smallest absolute Gasteiger partial charge is 0.270 e. The summed E-state index contributed by atoms with van der Waals surface area (Å²) in [6.07, 6.45) is 2.07. The van der Waals surface area contributed by atoms with E-state index in [1.54, 1.807) is 7.11 Å². The maximum atomic E-state index is 12.7. The van der Waals surface area contributed by atoms with Gasteiger partial charge in [-0.2, -0.15) is 0 Å². The Hall–Kier alpha value is -2.01. The van der Waals surface area contributed by atoms with Crippen LogP contribution in [0.4, 0.5) is 0 Å². The number of nitrogens with zero attached hydrogens (tertiary/aromatic N) is 2. The third kappa shape index (κ3) is 2.81. The minimum absolute atomic E-state index is 0.0599. The lowest BCUT2D eigenvalue weighted by Crippen LogP contribution is -2.44. The third-order valence-electron chi connectivity index (χ3n) is 4.61. The van der Waals surface area contributed by atoms with Crippen molar-refractivity contribution in [2.24, 2.45) is 0 Å². The number of methoxy groups -OCH3 is 1. The van der Waals surface area contributed by atoms with Crippen LogP contribution in [0.15, 0.2) is 24.3 Å². The molecular formula is C17H23N3O2.